The van der Waals surface area contributed by atoms with Crippen LogP contribution in [0.15, 0.2) is 83.3 Å². The van der Waals surface area contributed by atoms with E-state index in [0.29, 0.717) is 17.0 Å². The fourth-order valence-corrected chi connectivity index (χ4v) is 4.59. The largest absolute Gasteiger partial charge is 0.497 e. The van der Waals surface area contributed by atoms with Crippen LogP contribution in [0, 0.1) is 5.82 Å². The summed E-state index contributed by atoms with van der Waals surface area (Å²) in [4.78, 5) is 15.4. The van der Waals surface area contributed by atoms with Crippen LogP contribution in [0.3, 0.4) is 0 Å². The lowest BCUT2D eigenvalue weighted by molar-refractivity contribution is 0.112. The van der Waals surface area contributed by atoms with Gasteiger partial charge in [0.25, 0.3) is 0 Å². The Bertz CT molecular complexity index is 1680. The Kier molecular flexibility index (Phi) is 4.30. The summed E-state index contributed by atoms with van der Waals surface area (Å²) in [6.45, 7) is 0. The zero-order valence-electron chi connectivity index (χ0n) is 17.7. The van der Waals surface area contributed by atoms with Crippen molar-refractivity contribution in [3.05, 3.63) is 90.4 Å². The molecule has 0 radical (unpaired) electrons. The average Bonchev–Trinajstić information content (AvgIpc) is 3.42. The van der Waals surface area contributed by atoms with Gasteiger partial charge in [-0.3, -0.25) is 4.79 Å². The molecule has 0 atom stereocenters. The number of aromatic amines is 1. The van der Waals surface area contributed by atoms with E-state index in [9.17, 15) is 9.18 Å². The van der Waals surface area contributed by atoms with Gasteiger partial charge in [0.2, 0.25) is 0 Å². The molecule has 4 nitrogen and oxygen atoms in total. The number of hydrogen-bond acceptors (Lipinski definition) is 3. The number of benzene rings is 4. The zero-order chi connectivity index (χ0) is 22.5. The van der Waals surface area contributed by atoms with E-state index in [1.807, 2.05) is 54.6 Å². The van der Waals surface area contributed by atoms with Crippen molar-refractivity contribution in [2.24, 2.45) is 0 Å². The molecule has 0 fully saturated rings. The van der Waals surface area contributed by atoms with Gasteiger partial charge in [0.05, 0.1) is 12.8 Å². The number of methoxy groups -OCH3 is 1. The van der Waals surface area contributed by atoms with Gasteiger partial charge in [0, 0.05) is 33.0 Å². The van der Waals surface area contributed by atoms with E-state index in [-0.39, 0.29) is 5.82 Å². The molecule has 0 amide bonds. The van der Waals surface area contributed by atoms with Crippen LogP contribution in [0.2, 0.25) is 0 Å². The van der Waals surface area contributed by atoms with Crippen LogP contribution in [0.4, 0.5) is 4.39 Å². The van der Waals surface area contributed by atoms with Gasteiger partial charge in [-0.2, -0.15) is 0 Å². The van der Waals surface area contributed by atoms with E-state index in [2.05, 4.69) is 4.98 Å². The first-order valence-corrected chi connectivity index (χ1v) is 10.5. The lowest BCUT2D eigenvalue weighted by Gasteiger charge is -2.07. The highest BCUT2D eigenvalue weighted by Gasteiger charge is 2.25. The third-order valence-electron chi connectivity index (χ3n) is 6.09. The highest BCUT2D eigenvalue weighted by atomic mass is 19.1. The molecule has 5 heteroatoms. The van der Waals surface area contributed by atoms with E-state index in [4.69, 9.17) is 9.15 Å². The maximum Gasteiger partial charge on any atom is 0.166 e. The van der Waals surface area contributed by atoms with Gasteiger partial charge in [0.15, 0.2) is 6.29 Å². The minimum Gasteiger partial charge on any atom is -0.497 e. The summed E-state index contributed by atoms with van der Waals surface area (Å²) in [5.41, 5.74) is 4.26. The molecule has 0 aliphatic rings. The highest BCUT2D eigenvalue weighted by Crippen LogP contribution is 2.47. The van der Waals surface area contributed by atoms with Gasteiger partial charge in [0.1, 0.15) is 22.9 Å². The number of hydrogen-bond donors (Lipinski definition) is 1. The van der Waals surface area contributed by atoms with Gasteiger partial charge < -0.3 is 14.1 Å². The molecule has 4 aromatic carbocycles. The fraction of sp³-hybridized carbons (Fsp3) is 0.0357. The van der Waals surface area contributed by atoms with Crippen LogP contribution in [-0.2, 0) is 0 Å². The minimum absolute atomic E-state index is 0.327. The Morgan fingerprint density at radius 3 is 2.48 bits per heavy atom. The van der Waals surface area contributed by atoms with Gasteiger partial charge in [-0.05, 0) is 59.3 Å². The number of fused-ring (bicyclic) bond motifs is 4. The first-order valence-electron chi connectivity index (χ1n) is 10.5. The van der Waals surface area contributed by atoms with Crippen molar-refractivity contribution in [2.45, 2.75) is 0 Å². The molecule has 0 saturated carbocycles. The molecule has 2 heterocycles. The molecule has 0 unspecified atom stereocenters. The number of ether oxygens (including phenoxy) is 1. The fourth-order valence-electron chi connectivity index (χ4n) is 4.59. The van der Waals surface area contributed by atoms with Crippen LogP contribution in [0.5, 0.6) is 5.75 Å². The molecule has 1 N–H and O–H groups in total. The number of carbonyl (C=O) groups is 1. The van der Waals surface area contributed by atoms with E-state index < -0.39 is 0 Å². The molecule has 0 bridgehead atoms. The summed E-state index contributed by atoms with van der Waals surface area (Å²) < 4.78 is 25.6. The smallest absolute Gasteiger partial charge is 0.166 e. The van der Waals surface area contributed by atoms with Gasteiger partial charge >= 0.3 is 0 Å². The van der Waals surface area contributed by atoms with E-state index >= 15 is 0 Å². The van der Waals surface area contributed by atoms with Gasteiger partial charge in [-0.25, -0.2) is 4.39 Å². The molecule has 6 aromatic rings. The summed E-state index contributed by atoms with van der Waals surface area (Å²) in [6.07, 6.45) is 0.828. The predicted octanol–water partition coefficient (Wildman–Crippen LogP) is 7.36. The summed E-state index contributed by atoms with van der Waals surface area (Å²) in [5.74, 6) is 0.973. The molecule has 0 spiro atoms. The van der Waals surface area contributed by atoms with Gasteiger partial charge in [-0.1, -0.05) is 30.3 Å². The molecule has 0 aliphatic carbocycles. The highest BCUT2D eigenvalue weighted by molar-refractivity contribution is 6.21. The third-order valence-corrected chi connectivity index (χ3v) is 6.09. The van der Waals surface area contributed by atoms with Crippen LogP contribution >= 0.6 is 0 Å². The van der Waals surface area contributed by atoms with Crippen molar-refractivity contribution in [3.8, 4) is 28.2 Å². The summed E-state index contributed by atoms with van der Waals surface area (Å²) in [7, 11) is 1.63. The topological polar surface area (TPSA) is 55.2 Å². The van der Waals surface area contributed by atoms with Crippen LogP contribution in [0.25, 0.3) is 55.1 Å². The number of nitrogens with one attached hydrogen (secondary N) is 1. The second-order valence-corrected chi connectivity index (χ2v) is 7.92. The van der Waals surface area contributed by atoms with Crippen molar-refractivity contribution in [1.82, 2.24) is 4.98 Å². The summed E-state index contributed by atoms with van der Waals surface area (Å²) in [6, 6.07) is 23.8. The van der Waals surface area contributed by atoms with Gasteiger partial charge in [-0.15, -0.1) is 0 Å². The SMILES string of the molecule is COc1ccc2ccc3oc(-c4ccc(F)cc4)c(-c4c(C=O)[nH]c5ccccc45)c3c2c1. The lowest BCUT2D eigenvalue weighted by atomic mass is 9.93. The van der Waals surface area contributed by atoms with Crippen LogP contribution in [0.1, 0.15) is 10.5 Å². The Labute approximate surface area is 188 Å². The monoisotopic (exact) mass is 435 g/mol. The number of para-hydroxylation sites is 1. The van der Waals surface area contributed by atoms with E-state index in [1.165, 1.54) is 12.1 Å². The number of H-pyrrole nitrogens is 1. The Balaban J connectivity index is 1.83. The Morgan fingerprint density at radius 2 is 1.70 bits per heavy atom. The van der Waals surface area contributed by atoms with Crippen molar-refractivity contribution in [1.29, 1.82) is 0 Å². The van der Waals surface area contributed by atoms with E-state index in [1.54, 1.807) is 19.2 Å². The zero-order valence-corrected chi connectivity index (χ0v) is 17.7. The number of aldehydes is 1. The normalized spacial score (nSPS) is 11.5. The van der Waals surface area contributed by atoms with E-state index in [0.717, 1.165) is 55.8 Å². The first kappa shape index (κ1) is 19.3. The van der Waals surface area contributed by atoms with Crippen molar-refractivity contribution < 1.29 is 18.3 Å². The molecule has 33 heavy (non-hydrogen) atoms. The second-order valence-electron chi connectivity index (χ2n) is 7.92. The molecule has 6 rings (SSSR count). The summed E-state index contributed by atoms with van der Waals surface area (Å²) in [5, 5.41) is 3.74. The number of halogens is 1. The van der Waals surface area contributed by atoms with Crippen LogP contribution in [-0.4, -0.2) is 18.4 Å². The lowest BCUT2D eigenvalue weighted by Crippen LogP contribution is -1.88. The predicted molar refractivity (Wildman–Crippen MR) is 128 cm³/mol. The molecule has 0 saturated heterocycles. The third kappa shape index (κ3) is 2.93. The maximum atomic E-state index is 13.7. The Morgan fingerprint density at radius 1 is 0.909 bits per heavy atom. The maximum absolute atomic E-state index is 13.7. The standard InChI is InChI=1S/C28H18FNO3/c1-32-19-12-8-16-9-13-24-26(21(16)14-19)27(28(33-24)17-6-10-18(29)11-7-17)25-20-4-2-3-5-22(20)30-23(25)15-31/h2-15,30H,1H3. The number of aromatic nitrogens is 1. The van der Waals surface area contributed by atoms with Crippen molar-refractivity contribution in [3.63, 3.8) is 0 Å². The Hall–Kier alpha value is -4.38. The number of rotatable bonds is 4. The first-order chi connectivity index (χ1) is 16.2. The summed E-state index contributed by atoms with van der Waals surface area (Å²) >= 11 is 0. The van der Waals surface area contributed by atoms with Crippen molar-refractivity contribution in [2.75, 3.05) is 7.11 Å². The molecule has 160 valence electrons. The van der Waals surface area contributed by atoms with Crippen LogP contribution < -0.4 is 4.74 Å². The molecule has 2 aromatic heterocycles. The second kappa shape index (κ2) is 7.35. The quantitative estimate of drug-likeness (QED) is 0.294. The number of furan rings is 1. The molecular formula is C28H18FNO3. The number of carbonyl (C=O) groups excluding carboxylic acids is 1. The minimum atomic E-state index is -0.327. The molecular weight excluding hydrogens is 417 g/mol. The van der Waals surface area contributed by atoms with Crippen molar-refractivity contribution >= 4 is 38.9 Å². The molecule has 0 aliphatic heterocycles. The average molecular weight is 435 g/mol.